The Morgan fingerprint density at radius 1 is 1.25 bits per heavy atom. The Bertz CT molecular complexity index is 302. The minimum atomic E-state index is -0.381. The van der Waals surface area contributed by atoms with Crippen LogP contribution >= 0.6 is 0 Å². The Kier molecular flexibility index (Phi) is 3.41. The molecule has 0 N–H and O–H groups in total. The summed E-state index contributed by atoms with van der Waals surface area (Å²) in [4.78, 5) is 10.5. The van der Waals surface area contributed by atoms with Gasteiger partial charge in [0.25, 0.3) is 0 Å². The lowest BCUT2D eigenvalue weighted by Gasteiger charge is -2.01. The van der Waals surface area contributed by atoms with Crippen molar-refractivity contribution in [2.45, 2.75) is 5.92 Å². The number of hydrogen-bond acceptors (Lipinski definition) is 2. The molecule has 1 unspecified atom stereocenters. The van der Waals surface area contributed by atoms with E-state index in [1.54, 1.807) is 0 Å². The Morgan fingerprint density at radius 3 is 2.42 bits per heavy atom. The molecule has 3 heteroatoms. The zero-order valence-electron chi connectivity index (χ0n) is 6.34. The molecule has 0 amide bonds. The smallest absolute Gasteiger partial charge is 0.132 e. The van der Waals surface area contributed by atoms with Gasteiger partial charge >= 0.3 is 0 Å². The van der Waals surface area contributed by atoms with Gasteiger partial charge in [0.1, 0.15) is 6.29 Å². The fraction of sp³-hybridized carbons (Fsp3) is 0.111. The molecule has 0 saturated carbocycles. The number of hydrogen-bond donors (Lipinski definition) is 0. The highest BCUT2D eigenvalue weighted by Crippen LogP contribution is 2.09. The van der Waals surface area contributed by atoms with Gasteiger partial charge in [-0.2, -0.15) is 0 Å². The molecule has 0 aliphatic carbocycles. The Hall–Kier alpha value is -1.22. The largest absolute Gasteiger partial charge is 0.302 e. The third-order valence-corrected chi connectivity index (χ3v) is 1.94. The van der Waals surface area contributed by atoms with Crippen molar-refractivity contribution in [1.29, 1.82) is 0 Å². The molecule has 1 atom stereocenters. The molecule has 1 aromatic carbocycles. The SMILES string of the molecule is O=CC(C=S=O)c1ccccc1. The summed E-state index contributed by atoms with van der Waals surface area (Å²) in [6, 6.07) is 9.21. The predicted molar refractivity (Wildman–Crippen MR) is 49.5 cm³/mol. The minimum absolute atomic E-state index is 0.323. The maximum atomic E-state index is 10.5. The first-order valence-electron chi connectivity index (χ1n) is 3.50. The lowest BCUT2D eigenvalue weighted by atomic mass is 10.0. The van der Waals surface area contributed by atoms with E-state index in [1.165, 1.54) is 5.37 Å². The van der Waals surface area contributed by atoms with Gasteiger partial charge in [-0.05, 0) is 5.56 Å². The van der Waals surface area contributed by atoms with Crippen LogP contribution in [0.3, 0.4) is 0 Å². The predicted octanol–water partition coefficient (Wildman–Crippen LogP) is 0.984. The van der Waals surface area contributed by atoms with Gasteiger partial charge in [-0.15, -0.1) is 0 Å². The van der Waals surface area contributed by atoms with Gasteiger partial charge in [0.15, 0.2) is 0 Å². The maximum absolute atomic E-state index is 10.5. The van der Waals surface area contributed by atoms with Crippen LogP contribution in [-0.4, -0.2) is 15.9 Å². The first kappa shape index (κ1) is 8.87. The zero-order valence-corrected chi connectivity index (χ0v) is 7.16. The van der Waals surface area contributed by atoms with E-state index >= 15 is 0 Å². The van der Waals surface area contributed by atoms with Crippen LogP contribution in [0.15, 0.2) is 30.3 Å². The molecule has 1 rings (SSSR count). The highest BCUT2D eigenvalue weighted by atomic mass is 32.1. The summed E-state index contributed by atoms with van der Waals surface area (Å²) in [7, 11) is 0. The molecular formula is C9H8O2S. The molecule has 62 valence electrons. The maximum Gasteiger partial charge on any atom is 0.132 e. The van der Waals surface area contributed by atoms with Crippen LogP contribution in [0.25, 0.3) is 0 Å². The molecule has 0 fully saturated rings. The number of benzene rings is 1. The molecule has 0 bridgehead atoms. The summed E-state index contributed by atoms with van der Waals surface area (Å²) in [5.41, 5.74) is 0.857. The molecule has 12 heavy (non-hydrogen) atoms. The topological polar surface area (TPSA) is 34.1 Å². The van der Waals surface area contributed by atoms with Gasteiger partial charge in [0.05, 0.1) is 17.2 Å². The fourth-order valence-corrected chi connectivity index (χ4v) is 1.27. The molecule has 0 aromatic heterocycles. The molecule has 0 spiro atoms. The van der Waals surface area contributed by atoms with Gasteiger partial charge in [-0.25, -0.2) is 4.21 Å². The molecule has 0 saturated heterocycles. The van der Waals surface area contributed by atoms with Crippen LogP contribution < -0.4 is 0 Å². The second-order valence-electron chi connectivity index (χ2n) is 2.30. The van der Waals surface area contributed by atoms with Crippen LogP contribution in [0.1, 0.15) is 11.5 Å². The Labute approximate surface area is 74.3 Å². The summed E-state index contributed by atoms with van der Waals surface area (Å²) in [6.07, 6.45) is 0.764. The van der Waals surface area contributed by atoms with E-state index in [-0.39, 0.29) is 5.92 Å². The van der Waals surface area contributed by atoms with Crippen molar-refractivity contribution in [2.75, 3.05) is 0 Å². The first-order chi connectivity index (χ1) is 5.88. The van der Waals surface area contributed by atoms with E-state index in [9.17, 15) is 9.00 Å². The third kappa shape index (κ3) is 2.13. The van der Waals surface area contributed by atoms with Crippen LogP contribution in [0.2, 0.25) is 0 Å². The monoisotopic (exact) mass is 180 g/mol. The van der Waals surface area contributed by atoms with E-state index in [1.807, 2.05) is 30.3 Å². The second kappa shape index (κ2) is 4.62. The molecule has 0 radical (unpaired) electrons. The lowest BCUT2D eigenvalue weighted by molar-refractivity contribution is -0.107. The van der Waals surface area contributed by atoms with Crippen molar-refractivity contribution >= 4 is 22.9 Å². The van der Waals surface area contributed by atoms with Crippen LogP contribution in [0, 0.1) is 0 Å². The Morgan fingerprint density at radius 2 is 1.92 bits per heavy atom. The normalized spacial score (nSPS) is 11.7. The first-order valence-corrected chi connectivity index (χ1v) is 4.31. The van der Waals surface area contributed by atoms with Crippen molar-refractivity contribution in [1.82, 2.24) is 0 Å². The fourth-order valence-electron chi connectivity index (χ4n) is 0.924. The number of aldehydes is 1. The average molecular weight is 180 g/mol. The number of carbonyl (C=O) groups excluding carboxylic acids is 1. The van der Waals surface area contributed by atoms with Crippen molar-refractivity contribution in [2.24, 2.45) is 0 Å². The van der Waals surface area contributed by atoms with Crippen molar-refractivity contribution in [3.05, 3.63) is 35.9 Å². The number of rotatable bonds is 3. The minimum Gasteiger partial charge on any atom is -0.302 e. The van der Waals surface area contributed by atoms with Gasteiger partial charge in [-0.3, -0.25) is 0 Å². The molecule has 1 aromatic rings. The summed E-state index contributed by atoms with van der Waals surface area (Å²) < 4.78 is 10.2. The molecule has 0 heterocycles. The summed E-state index contributed by atoms with van der Waals surface area (Å²) in [5, 5.41) is 1.38. The molecular weight excluding hydrogens is 172 g/mol. The molecule has 0 aliphatic rings. The van der Waals surface area contributed by atoms with Crippen molar-refractivity contribution in [3.63, 3.8) is 0 Å². The van der Waals surface area contributed by atoms with Crippen LogP contribution in [0.5, 0.6) is 0 Å². The summed E-state index contributed by atoms with van der Waals surface area (Å²) >= 11 is 0.323. The van der Waals surface area contributed by atoms with Gasteiger partial charge in [0.2, 0.25) is 0 Å². The van der Waals surface area contributed by atoms with Crippen molar-refractivity contribution < 1.29 is 9.00 Å². The van der Waals surface area contributed by atoms with Crippen LogP contribution in [0.4, 0.5) is 0 Å². The van der Waals surface area contributed by atoms with Crippen LogP contribution in [-0.2, 0) is 16.1 Å². The van der Waals surface area contributed by atoms with Gasteiger partial charge in [0, 0.05) is 5.37 Å². The highest BCUT2D eigenvalue weighted by molar-refractivity contribution is 7.65. The standard InChI is InChI=1S/C9H8O2S/c10-6-9(7-12-11)8-4-2-1-3-5-8/h1-7,9H. The second-order valence-corrected chi connectivity index (χ2v) is 2.77. The lowest BCUT2D eigenvalue weighted by Crippen LogP contribution is -2.00. The van der Waals surface area contributed by atoms with Crippen molar-refractivity contribution in [3.8, 4) is 0 Å². The highest BCUT2D eigenvalue weighted by Gasteiger charge is 2.04. The van der Waals surface area contributed by atoms with E-state index in [0.29, 0.717) is 11.3 Å². The summed E-state index contributed by atoms with van der Waals surface area (Å²) in [5.74, 6) is -0.381. The average Bonchev–Trinajstić information content (AvgIpc) is 2.15. The van der Waals surface area contributed by atoms with Gasteiger partial charge < -0.3 is 4.79 Å². The van der Waals surface area contributed by atoms with Gasteiger partial charge in [-0.1, -0.05) is 30.3 Å². The van der Waals surface area contributed by atoms with E-state index in [4.69, 9.17) is 0 Å². The van der Waals surface area contributed by atoms with E-state index < -0.39 is 0 Å². The number of carbonyl (C=O) groups is 1. The zero-order chi connectivity index (χ0) is 8.81. The Balaban J connectivity index is 2.94. The molecule has 0 aliphatic heterocycles. The van der Waals surface area contributed by atoms with E-state index in [0.717, 1.165) is 11.8 Å². The molecule has 2 nitrogen and oxygen atoms in total. The van der Waals surface area contributed by atoms with E-state index in [2.05, 4.69) is 0 Å². The summed E-state index contributed by atoms with van der Waals surface area (Å²) in [6.45, 7) is 0. The third-order valence-electron chi connectivity index (χ3n) is 1.53. The quantitative estimate of drug-likeness (QED) is 0.513.